The Balaban J connectivity index is 2.04. The van der Waals surface area contributed by atoms with Crippen LogP contribution >= 0.6 is 0 Å². The van der Waals surface area contributed by atoms with Crippen molar-refractivity contribution in [3.63, 3.8) is 0 Å². The molecule has 0 amide bonds. The molecule has 0 aliphatic heterocycles. The van der Waals surface area contributed by atoms with Gasteiger partial charge in [0.2, 0.25) is 0 Å². The van der Waals surface area contributed by atoms with Crippen LogP contribution in [0.25, 0.3) is 0 Å². The first kappa shape index (κ1) is 19.7. The van der Waals surface area contributed by atoms with Gasteiger partial charge in [-0.2, -0.15) is 0 Å². The molecule has 144 valence electrons. The highest BCUT2D eigenvalue weighted by molar-refractivity contribution is 5.89. The minimum atomic E-state index is -0.294. The van der Waals surface area contributed by atoms with Crippen LogP contribution in [0.15, 0.2) is 42.5 Å². The summed E-state index contributed by atoms with van der Waals surface area (Å²) in [6.45, 7) is 14.0. The van der Waals surface area contributed by atoms with Crippen LogP contribution in [-0.4, -0.2) is 13.1 Å². The van der Waals surface area contributed by atoms with Crippen molar-refractivity contribution in [2.75, 3.05) is 7.11 Å². The number of benzene rings is 2. The van der Waals surface area contributed by atoms with E-state index in [0.29, 0.717) is 5.56 Å². The van der Waals surface area contributed by atoms with Crippen LogP contribution in [0.5, 0.6) is 0 Å². The second kappa shape index (κ2) is 6.51. The minimum absolute atomic E-state index is 0.138. The van der Waals surface area contributed by atoms with Gasteiger partial charge < -0.3 is 4.74 Å². The van der Waals surface area contributed by atoms with Crippen LogP contribution in [0.1, 0.15) is 87.0 Å². The summed E-state index contributed by atoms with van der Waals surface area (Å²) in [6, 6.07) is 14.8. The SMILES string of the molecule is COC(=O)c1ccc(C(C)(C)c2ccc3c(c2)C(C)(C)CCC3(C)C)cc1. The van der Waals surface area contributed by atoms with Gasteiger partial charge in [0.15, 0.2) is 0 Å². The smallest absolute Gasteiger partial charge is 0.337 e. The number of hydrogen-bond donors (Lipinski definition) is 0. The van der Waals surface area contributed by atoms with Crippen molar-refractivity contribution < 1.29 is 9.53 Å². The van der Waals surface area contributed by atoms with E-state index in [2.05, 4.69) is 59.7 Å². The third-order valence-corrected chi connectivity index (χ3v) is 6.60. The molecule has 0 aromatic heterocycles. The molecule has 0 atom stereocenters. The lowest BCUT2D eigenvalue weighted by atomic mass is 9.62. The van der Waals surface area contributed by atoms with Crippen molar-refractivity contribution in [2.45, 2.75) is 70.6 Å². The summed E-state index contributed by atoms with van der Waals surface area (Å²) >= 11 is 0. The van der Waals surface area contributed by atoms with Crippen molar-refractivity contribution in [3.8, 4) is 0 Å². The van der Waals surface area contributed by atoms with Crippen molar-refractivity contribution in [3.05, 3.63) is 70.3 Å². The number of hydrogen-bond acceptors (Lipinski definition) is 2. The van der Waals surface area contributed by atoms with E-state index in [1.165, 1.54) is 42.2 Å². The molecule has 2 aromatic rings. The molecule has 0 radical (unpaired) electrons. The molecule has 27 heavy (non-hydrogen) atoms. The molecule has 0 heterocycles. The van der Waals surface area contributed by atoms with Gasteiger partial charge in [-0.3, -0.25) is 0 Å². The largest absolute Gasteiger partial charge is 0.465 e. The zero-order valence-electron chi connectivity index (χ0n) is 17.8. The van der Waals surface area contributed by atoms with Crippen LogP contribution in [-0.2, 0) is 21.0 Å². The van der Waals surface area contributed by atoms with Gasteiger partial charge in [-0.15, -0.1) is 0 Å². The second-order valence-electron chi connectivity index (χ2n) is 9.72. The summed E-state index contributed by atoms with van der Waals surface area (Å²) in [5.74, 6) is -0.294. The molecule has 0 fully saturated rings. The maximum Gasteiger partial charge on any atom is 0.337 e. The Bertz CT molecular complexity index is 854. The van der Waals surface area contributed by atoms with Gasteiger partial charge >= 0.3 is 5.97 Å². The van der Waals surface area contributed by atoms with Crippen LogP contribution in [0.4, 0.5) is 0 Å². The van der Waals surface area contributed by atoms with Gasteiger partial charge in [-0.1, -0.05) is 71.9 Å². The van der Waals surface area contributed by atoms with E-state index < -0.39 is 0 Å². The molecule has 0 N–H and O–H groups in total. The first-order valence-electron chi connectivity index (χ1n) is 9.83. The summed E-state index contributed by atoms with van der Waals surface area (Å²) in [6.07, 6.45) is 2.44. The van der Waals surface area contributed by atoms with Gasteiger partial charge in [0.1, 0.15) is 0 Å². The van der Waals surface area contributed by atoms with Crippen LogP contribution < -0.4 is 0 Å². The quantitative estimate of drug-likeness (QED) is 0.611. The average Bonchev–Trinajstić information content (AvgIpc) is 2.64. The van der Waals surface area contributed by atoms with Crippen molar-refractivity contribution in [1.29, 1.82) is 0 Å². The Morgan fingerprint density at radius 1 is 0.852 bits per heavy atom. The molecule has 2 aromatic carbocycles. The van der Waals surface area contributed by atoms with Gasteiger partial charge in [0, 0.05) is 5.41 Å². The van der Waals surface area contributed by atoms with Gasteiger partial charge in [0.25, 0.3) is 0 Å². The summed E-state index contributed by atoms with van der Waals surface area (Å²) in [7, 11) is 1.41. The van der Waals surface area contributed by atoms with E-state index in [-0.39, 0.29) is 22.2 Å². The molecule has 2 nitrogen and oxygen atoms in total. The topological polar surface area (TPSA) is 26.3 Å². The van der Waals surface area contributed by atoms with E-state index >= 15 is 0 Å². The van der Waals surface area contributed by atoms with Crippen LogP contribution in [0.3, 0.4) is 0 Å². The highest BCUT2D eigenvalue weighted by Crippen LogP contribution is 2.47. The number of ether oxygens (including phenoxy) is 1. The van der Waals surface area contributed by atoms with Gasteiger partial charge in [-0.05, 0) is 58.1 Å². The molecule has 1 aliphatic carbocycles. The fourth-order valence-electron chi connectivity index (χ4n) is 4.28. The fourth-order valence-corrected chi connectivity index (χ4v) is 4.28. The van der Waals surface area contributed by atoms with E-state index in [4.69, 9.17) is 4.74 Å². The van der Waals surface area contributed by atoms with Crippen molar-refractivity contribution in [2.24, 2.45) is 0 Å². The maximum atomic E-state index is 11.7. The number of esters is 1. The second-order valence-corrected chi connectivity index (χ2v) is 9.72. The minimum Gasteiger partial charge on any atom is -0.465 e. The fraction of sp³-hybridized carbons (Fsp3) is 0.480. The van der Waals surface area contributed by atoms with Crippen molar-refractivity contribution >= 4 is 5.97 Å². The summed E-state index contributed by atoms with van der Waals surface area (Å²) in [5.41, 5.74) is 6.36. The Kier molecular flexibility index (Phi) is 4.74. The van der Waals surface area contributed by atoms with Crippen LogP contribution in [0.2, 0.25) is 0 Å². The van der Waals surface area contributed by atoms with E-state index in [1.807, 2.05) is 24.3 Å². The zero-order chi connectivity index (χ0) is 20.0. The molecule has 3 rings (SSSR count). The Morgan fingerprint density at radius 2 is 1.37 bits per heavy atom. The molecule has 2 heteroatoms. The van der Waals surface area contributed by atoms with E-state index in [0.717, 1.165) is 0 Å². The highest BCUT2D eigenvalue weighted by Gasteiger charge is 2.38. The predicted octanol–water partition coefficient (Wildman–Crippen LogP) is 6.15. The number of rotatable bonds is 3. The number of methoxy groups -OCH3 is 1. The van der Waals surface area contributed by atoms with Crippen molar-refractivity contribution in [1.82, 2.24) is 0 Å². The molecule has 0 bridgehead atoms. The first-order chi connectivity index (χ1) is 12.5. The molecule has 0 saturated carbocycles. The number of carbonyl (C=O) groups is 1. The lowest BCUT2D eigenvalue weighted by molar-refractivity contribution is 0.0600. The molecule has 0 spiro atoms. The summed E-state index contributed by atoms with van der Waals surface area (Å²) in [4.78, 5) is 11.7. The Morgan fingerprint density at radius 3 is 1.93 bits per heavy atom. The molecule has 1 aliphatic rings. The third kappa shape index (κ3) is 3.42. The molecular weight excluding hydrogens is 332 g/mol. The Hall–Kier alpha value is -2.09. The van der Waals surface area contributed by atoms with E-state index in [1.54, 1.807) is 0 Å². The summed E-state index contributed by atoms with van der Waals surface area (Å²) < 4.78 is 4.81. The molecular formula is C25H32O2. The number of fused-ring (bicyclic) bond motifs is 1. The first-order valence-corrected chi connectivity index (χ1v) is 9.83. The predicted molar refractivity (Wildman–Crippen MR) is 112 cm³/mol. The van der Waals surface area contributed by atoms with Gasteiger partial charge in [0.05, 0.1) is 12.7 Å². The standard InChI is InChI=1S/C25H32O2/c1-23(2)14-15-24(3,4)21-16-19(12-13-20(21)23)25(5,6)18-10-8-17(9-11-18)22(26)27-7/h8-13,16H,14-15H2,1-7H3. The molecule has 0 saturated heterocycles. The monoisotopic (exact) mass is 364 g/mol. The number of carbonyl (C=O) groups excluding carboxylic acids is 1. The lowest BCUT2D eigenvalue weighted by Crippen LogP contribution is -2.34. The third-order valence-electron chi connectivity index (χ3n) is 6.60. The van der Waals surface area contributed by atoms with Crippen LogP contribution in [0, 0.1) is 0 Å². The highest BCUT2D eigenvalue weighted by atomic mass is 16.5. The lowest BCUT2D eigenvalue weighted by Gasteiger charge is -2.43. The summed E-state index contributed by atoms with van der Waals surface area (Å²) in [5, 5.41) is 0. The Labute approximate surface area is 164 Å². The maximum absolute atomic E-state index is 11.7. The molecule has 0 unspecified atom stereocenters. The zero-order valence-corrected chi connectivity index (χ0v) is 17.8. The van der Waals surface area contributed by atoms with Gasteiger partial charge in [-0.25, -0.2) is 4.79 Å². The average molecular weight is 365 g/mol. The normalized spacial score (nSPS) is 17.9. The van der Waals surface area contributed by atoms with E-state index in [9.17, 15) is 4.79 Å².